The van der Waals surface area contributed by atoms with Gasteiger partial charge in [-0.3, -0.25) is 4.55 Å². The summed E-state index contributed by atoms with van der Waals surface area (Å²) in [5.41, 5.74) is -0.649. The number of nitrogens with zero attached hydrogens (tertiary/aromatic N) is 1. The van der Waals surface area contributed by atoms with Gasteiger partial charge in [-0.1, -0.05) is 29.1 Å². The molecule has 0 spiro atoms. The minimum Gasteiger partial charge on any atom is -0.508 e. The van der Waals surface area contributed by atoms with E-state index in [0.717, 1.165) is 0 Å². The van der Waals surface area contributed by atoms with E-state index in [-0.39, 0.29) is 17.2 Å². The number of aliphatic hydroxyl groups excluding tert-OH is 4. The number of hydrogen-bond donors (Lipinski definition) is 6. The first-order valence-electron chi connectivity index (χ1n) is 7.58. The highest BCUT2D eigenvalue weighted by Gasteiger charge is 2.44. The minimum atomic E-state index is -4.88. The second kappa shape index (κ2) is 9.16. The summed E-state index contributed by atoms with van der Waals surface area (Å²) in [7, 11) is -4.88. The van der Waals surface area contributed by atoms with E-state index < -0.39 is 46.9 Å². The van der Waals surface area contributed by atoms with Gasteiger partial charge in [-0.15, -0.1) is 0 Å². The summed E-state index contributed by atoms with van der Waals surface area (Å²) in [6.07, 6.45) is -5.93. The van der Waals surface area contributed by atoms with E-state index in [9.17, 15) is 34.0 Å². The summed E-state index contributed by atoms with van der Waals surface area (Å²) in [6.45, 7) is -0.631. The van der Waals surface area contributed by atoms with Crippen molar-refractivity contribution < 1.29 is 47.5 Å². The summed E-state index contributed by atoms with van der Waals surface area (Å²) >= 11 is 0.671. The third-order valence-electron chi connectivity index (χ3n) is 3.63. The molecule has 1 aliphatic rings. The molecule has 11 nitrogen and oxygen atoms in total. The molecule has 0 amide bonds. The predicted octanol–water partition coefficient (Wildman–Crippen LogP) is -1.40. The van der Waals surface area contributed by atoms with Crippen molar-refractivity contribution >= 4 is 27.2 Å². The number of oxime groups is 1. The Hall–Kier alpha value is -1.45. The highest BCUT2D eigenvalue weighted by Crippen LogP contribution is 2.30. The van der Waals surface area contributed by atoms with Crippen molar-refractivity contribution in [1.82, 2.24) is 0 Å². The Morgan fingerprint density at radius 1 is 1.15 bits per heavy atom. The van der Waals surface area contributed by atoms with Crippen LogP contribution in [-0.4, -0.2) is 80.0 Å². The van der Waals surface area contributed by atoms with Crippen molar-refractivity contribution in [3.63, 3.8) is 0 Å². The summed E-state index contributed by atoms with van der Waals surface area (Å²) in [4.78, 5) is 0. The molecule has 1 aromatic rings. The van der Waals surface area contributed by atoms with Gasteiger partial charge >= 0.3 is 10.4 Å². The average molecular weight is 425 g/mol. The minimum absolute atomic E-state index is 0.00742. The second-order valence-electron chi connectivity index (χ2n) is 5.65. The maximum atomic E-state index is 10.8. The summed E-state index contributed by atoms with van der Waals surface area (Å²) < 4.78 is 39.6. The predicted molar refractivity (Wildman–Crippen MR) is 93.2 cm³/mol. The molecular formula is C14H19NO10S2. The van der Waals surface area contributed by atoms with Crippen LogP contribution in [0.4, 0.5) is 0 Å². The molecule has 27 heavy (non-hydrogen) atoms. The fourth-order valence-electron chi connectivity index (χ4n) is 2.27. The lowest BCUT2D eigenvalue weighted by molar-refractivity contribution is -0.205. The molecule has 0 bridgehead atoms. The topological polar surface area (TPSA) is 186 Å². The lowest BCUT2D eigenvalue weighted by Crippen LogP contribution is -2.57. The molecule has 1 fully saturated rings. The van der Waals surface area contributed by atoms with Gasteiger partial charge in [-0.25, -0.2) is 4.28 Å². The smallest absolute Gasteiger partial charge is 0.466 e. The third-order valence-corrected chi connectivity index (χ3v) is 5.00. The van der Waals surface area contributed by atoms with Crippen LogP contribution in [0.3, 0.4) is 0 Å². The van der Waals surface area contributed by atoms with Gasteiger partial charge < -0.3 is 30.3 Å². The number of benzene rings is 1. The molecule has 2 unspecified atom stereocenters. The van der Waals surface area contributed by atoms with Crippen molar-refractivity contribution in [3.8, 4) is 5.75 Å². The van der Waals surface area contributed by atoms with Gasteiger partial charge in [-0.2, -0.15) is 8.42 Å². The fourth-order valence-corrected chi connectivity index (χ4v) is 3.60. The zero-order chi connectivity index (χ0) is 20.2. The van der Waals surface area contributed by atoms with E-state index in [1.165, 1.54) is 24.3 Å². The third kappa shape index (κ3) is 6.29. The van der Waals surface area contributed by atoms with E-state index in [1.807, 2.05) is 0 Å². The molecule has 1 heterocycles. The van der Waals surface area contributed by atoms with Crippen LogP contribution in [0.2, 0.25) is 0 Å². The van der Waals surface area contributed by atoms with Gasteiger partial charge in [-0.05, 0) is 17.7 Å². The average Bonchev–Trinajstić information content (AvgIpc) is 2.61. The van der Waals surface area contributed by atoms with Crippen LogP contribution in [0.15, 0.2) is 29.4 Å². The van der Waals surface area contributed by atoms with E-state index in [4.69, 9.17) is 9.29 Å². The molecule has 13 heteroatoms. The number of ether oxygens (including phenoxy) is 1. The first-order valence-corrected chi connectivity index (χ1v) is 9.83. The molecule has 0 aromatic heterocycles. The number of phenolic OH excluding ortho intramolecular Hbond substituents is 1. The van der Waals surface area contributed by atoms with Gasteiger partial charge in [0.2, 0.25) is 0 Å². The maximum absolute atomic E-state index is 10.8. The van der Waals surface area contributed by atoms with Crippen molar-refractivity contribution in [3.05, 3.63) is 29.8 Å². The number of thioether (sulfide) groups is 1. The van der Waals surface area contributed by atoms with Crippen LogP contribution in [0, 0.1) is 0 Å². The van der Waals surface area contributed by atoms with Gasteiger partial charge in [0.1, 0.15) is 40.6 Å². The summed E-state index contributed by atoms with van der Waals surface area (Å²) in [6, 6.07) is 5.81. The molecular weight excluding hydrogens is 406 g/mol. The maximum Gasteiger partial charge on any atom is 0.466 e. The van der Waals surface area contributed by atoms with E-state index in [1.54, 1.807) is 0 Å². The number of aliphatic hydroxyl groups is 4. The van der Waals surface area contributed by atoms with Gasteiger partial charge in [0.25, 0.3) is 0 Å². The lowest BCUT2D eigenvalue weighted by Gasteiger charge is -2.39. The molecule has 0 radical (unpaired) electrons. The molecule has 2 rings (SSSR count). The van der Waals surface area contributed by atoms with Crippen LogP contribution in [-0.2, 0) is 25.8 Å². The van der Waals surface area contributed by atoms with E-state index >= 15 is 0 Å². The van der Waals surface area contributed by atoms with E-state index in [0.29, 0.717) is 17.3 Å². The Bertz CT molecular complexity index is 752. The molecule has 1 aliphatic heterocycles. The van der Waals surface area contributed by atoms with Crippen molar-refractivity contribution in [2.75, 3.05) is 6.61 Å². The van der Waals surface area contributed by atoms with Crippen LogP contribution >= 0.6 is 11.8 Å². The Morgan fingerprint density at radius 3 is 2.33 bits per heavy atom. The monoisotopic (exact) mass is 425 g/mol. The molecule has 152 valence electrons. The molecule has 6 N–H and O–H groups in total. The molecule has 1 aromatic carbocycles. The number of phenols is 1. The summed E-state index contributed by atoms with van der Waals surface area (Å²) in [5.74, 6) is 0.00742. The fraction of sp³-hybridized carbons (Fsp3) is 0.500. The molecule has 0 saturated carbocycles. The Morgan fingerprint density at radius 2 is 1.78 bits per heavy atom. The molecule has 1 saturated heterocycles. The zero-order valence-corrected chi connectivity index (χ0v) is 15.3. The molecule has 5 atom stereocenters. The first kappa shape index (κ1) is 21.8. The standard InChI is InChI=1S/C14H19NO10S2/c16-6-9-11(18)12(19)13(20)14(24-9)26-10(15-25-27(21,22)23)5-7-1-3-8(17)4-2-7/h1-4,9,11-14,16-20H,5-6H2,(H,21,22,23)/b15-10-/t9?,11-,12?,13+,14+/m1/s1. The van der Waals surface area contributed by atoms with Crippen LogP contribution in [0.1, 0.15) is 5.56 Å². The van der Waals surface area contributed by atoms with Crippen molar-refractivity contribution in [2.45, 2.75) is 36.3 Å². The Labute approximate surface area is 158 Å². The van der Waals surface area contributed by atoms with Crippen molar-refractivity contribution in [2.24, 2.45) is 5.16 Å². The van der Waals surface area contributed by atoms with Gasteiger partial charge in [0, 0.05) is 6.42 Å². The second-order valence-corrected chi connectivity index (χ2v) is 7.82. The Kier molecular flexibility index (Phi) is 7.41. The number of hydrogen-bond acceptors (Lipinski definition) is 11. The van der Waals surface area contributed by atoms with Crippen LogP contribution in [0.5, 0.6) is 5.75 Å². The largest absolute Gasteiger partial charge is 0.508 e. The highest BCUT2D eigenvalue weighted by atomic mass is 32.3. The highest BCUT2D eigenvalue weighted by molar-refractivity contribution is 8.14. The quantitative estimate of drug-likeness (QED) is 0.136. The lowest BCUT2D eigenvalue weighted by atomic mass is 10.0. The van der Waals surface area contributed by atoms with Crippen molar-refractivity contribution in [1.29, 1.82) is 0 Å². The SMILES string of the molecule is O=S(=O)(O)O/N=C(/Cc1ccc(O)cc1)S[C@@H]1OC(CO)[C@@H](O)C(O)[C@@H]1O. The molecule has 0 aliphatic carbocycles. The first-order chi connectivity index (χ1) is 12.6. The van der Waals surface area contributed by atoms with Crippen LogP contribution in [0.25, 0.3) is 0 Å². The number of rotatable bonds is 6. The zero-order valence-electron chi connectivity index (χ0n) is 13.7. The van der Waals surface area contributed by atoms with Crippen LogP contribution < -0.4 is 0 Å². The summed E-state index contributed by atoms with van der Waals surface area (Å²) in [5, 5.41) is 51.4. The van der Waals surface area contributed by atoms with Gasteiger partial charge in [0.05, 0.1) is 6.61 Å². The van der Waals surface area contributed by atoms with E-state index in [2.05, 4.69) is 9.44 Å². The Balaban J connectivity index is 2.20. The normalized spacial score (nSPS) is 29.5. The number of aromatic hydroxyl groups is 1. The van der Waals surface area contributed by atoms with Gasteiger partial charge in [0.15, 0.2) is 0 Å².